The average molecular weight is 330 g/mol. The van der Waals surface area contributed by atoms with Crippen molar-refractivity contribution in [3.8, 4) is 0 Å². The van der Waals surface area contributed by atoms with E-state index in [-0.39, 0.29) is 23.5 Å². The van der Waals surface area contributed by atoms with Crippen molar-refractivity contribution in [1.29, 1.82) is 0 Å². The van der Waals surface area contributed by atoms with E-state index < -0.39 is 11.0 Å². The maximum absolute atomic E-state index is 12.3. The van der Waals surface area contributed by atoms with Gasteiger partial charge in [-0.25, -0.2) is 4.79 Å². The van der Waals surface area contributed by atoms with E-state index in [0.29, 0.717) is 0 Å². The summed E-state index contributed by atoms with van der Waals surface area (Å²) in [5.41, 5.74) is -0.112. The van der Waals surface area contributed by atoms with Gasteiger partial charge < -0.3 is 10.6 Å². The summed E-state index contributed by atoms with van der Waals surface area (Å²) in [6.07, 6.45) is 10.00. The van der Waals surface area contributed by atoms with Crippen LogP contribution in [0.5, 0.6) is 0 Å². The van der Waals surface area contributed by atoms with Crippen molar-refractivity contribution in [2.45, 2.75) is 37.8 Å². The van der Waals surface area contributed by atoms with E-state index in [0.717, 1.165) is 31.9 Å². The molecule has 9 nitrogen and oxygen atoms in total. The first-order chi connectivity index (χ1) is 11.6. The van der Waals surface area contributed by atoms with Gasteiger partial charge >= 0.3 is 11.7 Å². The van der Waals surface area contributed by atoms with E-state index in [1.54, 1.807) is 6.20 Å². The van der Waals surface area contributed by atoms with Crippen LogP contribution in [0.4, 0.5) is 16.2 Å². The Morgan fingerprint density at radius 3 is 2.92 bits per heavy atom. The third-order valence-corrected chi connectivity index (χ3v) is 4.16. The van der Waals surface area contributed by atoms with Gasteiger partial charge in [0.15, 0.2) is 0 Å². The minimum absolute atomic E-state index is 0.0699. The largest absolute Gasteiger partial charge is 0.333 e. The molecule has 1 aliphatic rings. The van der Waals surface area contributed by atoms with Gasteiger partial charge in [-0.1, -0.05) is 12.8 Å². The van der Waals surface area contributed by atoms with Crippen LogP contribution < -0.4 is 10.6 Å². The minimum Gasteiger partial charge on any atom is -0.333 e. The van der Waals surface area contributed by atoms with E-state index in [4.69, 9.17) is 0 Å². The molecular weight excluding hydrogens is 312 g/mol. The second-order valence-electron chi connectivity index (χ2n) is 5.69. The predicted molar refractivity (Wildman–Crippen MR) is 86.6 cm³/mol. The Kier molecular flexibility index (Phi) is 4.69. The zero-order valence-electron chi connectivity index (χ0n) is 13.0. The van der Waals surface area contributed by atoms with Gasteiger partial charge in [0, 0.05) is 18.6 Å². The fourth-order valence-corrected chi connectivity index (χ4v) is 3.04. The molecule has 0 bridgehead atoms. The topological polar surface area (TPSA) is 115 Å². The molecule has 2 aromatic heterocycles. The SMILES string of the molecule is O=C(Nc1ccncc1[N+](=O)[O-])NC1CCCCC1n1cccn1. The summed E-state index contributed by atoms with van der Waals surface area (Å²) < 4.78 is 1.86. The summed E-state index contributed by atoms with van der Waals surface area (Å²) in [4.78, 5) is 26.4. The normalized spacial score (nSPS) is 20.3. The van der Waals surface area contributed by atoms with Crippen LogP contribution in [0.15, 0.2) is 36.9 Å². The van der Waals surface area contributed by atoms with Gasteiger partial charge in [0.1, 0.15) is 11.9 Å². The van der Waals surface area contributed by atoms with Crippen LogP contribution in [0.2, 0.25) is 0 Å². The van der Waals surface area contributed by atoms with Crippen LogP contribution in [0.1, 0.15) is 31.7 Å². The van der Waals surface area contributed by atoms with Crippen molar-refractivity contribution in [1.82, 2.24) is 20.1 Å². The quantitative estimate of drug-likeness (QED) is 0.660. The molecule has 0 aromatic carbocycles. The third-order valence-electron chi connectivity index (χ3n) is 4.16. The summed E-state index contributed by atoms with van der Waals surface area (Å²) in [6.45, 7) is 0. The van der Waals surface area contributed by atoms with Crippen LogP contribution in [0.3, 0.4) is 0 Å². The molecule has 1 saturated carbocycles. The highest BCUT2D eigenvalue weighted by atomic mass is 16.6. The first kappa shape index (κ1) is 15.9. The fraction of sp³-hybridized carbons (Fsp3) is 0.400. The number of nitro groups is 1. The van der Waals surface area contributed by atoms with Gasteiger partial charge in [-0.3, -0.25) is 19.8 Å². The predicted octanol–water partition coefficient (Wildman–Crippen LogP) is 2.49. The van der Waals surface area contributed by atoms with E-state index in [9.17, 15) is 14.9 Å². The molecule has 2 N–H and O–H groups in total. The Morgan fingerprint density at radius 2 is 2.17 bits per heavy atom. The molecule has 0 aliphatic heterocycles. The minimum atomic E-state index is -0.574. The first-order valence-corrected chi connectivity index (χ1v) is 7.80. The highest BCUT2D eigenvalue weighted by molar-refractivity contribution is 5.91. The Balaban J connectivity index is 1.69. The first-order valence-electron chi connectivity index (χ1n) is 7.80. The maximum Gasteiger partial charge on any atom is 0.319 e. The second kappa shape index (κ2) is 7.07. The zero-order chi connectivity index (χ0) is 16.9. The van der Waals surface area contributed by atoms with Crippen LogP contribution in [0.25, 0.3) is 0 Å². The van der Waals surface area contributed by atoms with Crippen LogP contribution >= 0.6 is 0 Å². The lowest BCUT2D eigenvalue weighted by atomic mass is 9.90. The van der Waals surface area contributed by atoms with Crippen molar-refractivity contribution in [2.75, 3.05) is 5.32 Å². The number of carbonyl (C=O) groups is 1. The molecule has 1 aliphatic carbocycles. The Morgan fingerprint density at radius 1 is 1.33 bits per heavy atom. The lowest BCUT2D eigenvalue weighted by Gasteiger charge is -2.32. The number of hydrogen-bond acceptors (Lipinski definition) is 5. The number of aromatic nitrogens is 3. The van der Waals surface area contributed by atoms with Crippen LogP contribution in [-0.4, -0.2) is 31.8 Å². The summed E-state index contributed by atoms with van der Waals surface area (Å²) >= 11 is 0. The van der Waals surface area contributed by atoms with Gasteiger partial charge in [0.25, 0.3) is 0 Å². The molecule has 2 unspecified atom stereocenters. The zero-order valence-corrected chi connectivity index (χ0v) is 13.0. The molecule has 0 radical (unpaired) electrons. The van der Waals surface area contributed by atoms with Crippen molar-refractivity contribution < 1.29 is 9.72 Å². The number of nitrogens with one attached hydrogen (secondary N) is 2. The fourth-order valence-electron chi connectivity index (χ4n) is 3.04. The summed E-state index contributed by atoms with van der Waals surface area (Å²) in [7, 11) is 0. The van der Waals surface area contributed by atoms with Gasteiger partial charge in [0.2, 0.25) is 0 Å². The monoisotopic (exact) mass is 330 g/mol. The Bertz CT molecular complexity index is 718. The molecule has 2 aromatic rings. The summed E-state index contributed by atoms with van der Waals surface area (Å²) in [6, 6.07) is 2.81. The number of urea groups is 1. The van der Waals surface area contributed by atoms with E-state index in [1.807, 2.05) is 16.9 Å². The van der Waals surface area contributed by atoms with Gasteiger partial charge in [-0.2, -0.15) is 5.10 Å². The number of rotatable bonds is 4. The summed E-state index contributed by atoms with van der Waals surface area (Å²) in [5, 5.41) is 20.7. The standard InChI is InChI=1S/C15H18N6O3/c22-15(19-12-6-8-16-10-14(12)21(23)24)18-11-4-1-2-5-13(11)20-9-3-7-17-20/h3,6-11,13H,1-2,4-5H2,(H2,16,18,19,22). The van der Waals surface area contributed by atoms with E-state index in [2.05, 4.69) is 20.7 Å². The summed E-state index contributed by atoms with van der Waals surface area (Å²) in [5.74, 6) is 0. The molecule has 126 valence electrons. The lowest BCUT2D eigenvalue weighted by molar-refractivity contribution is -0.384. The number of carbonyl (C=O) groups excluding carboxylic acids is 1. The average Bonchev–Trinajstić information content (AvgIpc) is 3.10. The maximum atomic E-state index is 12.3. The molecule has 24 heavy (non-hydrogen) atoms. The van der Waals surface area contributed by atoms with Crippen LogP contribution in [0, 0.1) is 10.1 Å². The van der Waals surface area contributed by atoms with Crippen molar-refractivity contribution in [2.24, 2.45) is 0 Å². The van der Waals surface area contributed by atoms with Crippen LogP contribution in [-0.2, 0) is 0 Å². The molecule has 2 amide bonds. The molecule has 0 saturated heterocycles. The number of nitrogens with zero attached hydrogens (tertiary/aromatic N) is 4. The molecule has 2 atom stereocenters. The van der Waals surface area contributed by atoms with Crippen molar-refractivity contribution in [3.05, 3.63) is 47.0 Å². The molecule has 0 spiro atoms. The Hall–Kier alpha value is -2.97. The lowest BCUT2D eigenvalue weighted by Crippen LogP contribution is -2.45. The number of hydrogen-bond donors (Lipinski definition) is 2. The van der Waals surface area contributed by atoms with E-state index >= 15 is 0 Å². The molecule has 1 fully saturated rings. The number of anilines is 1. The smallest absolute Gasteiger partial charge is 0.319 e. The molecule has 3 rings (SSSR count). The molecule has 2 heterocycles. The Labute approximate surface area is 138 Å². The van der Waals surface area contributed by atoms with Crippen molar-refractivity contribution in [3.63, 3.8) is 0 Å². The highest BCUT2D eigenvalue weighted by Crippen LogP contribution is 2.28. The molecular formula is C15H18N6O3. The third kappa shape index (κ3) is 3.50. The number of amides is 2. The highest BCUT2D eigenvalue weighted by Gasteiger charge is 2.28. The number of pyridine rings is 1. The molecule has 9 heteroatoms. The van der Waals surface area contributed by atoms with Crippen molar-refractivity contribution >= 4 is 17.4 Å². The van der Waals surface area contributed by atoms with Gasteiger partial charge in [0.05, 0.1) is 17.0 Å². The second-order valence-corrected chi connectivity index (χ2v) is 5.69. The van der Waals surface area contributed by atoms with Gasteiger partial charge in [-0.05, 0) is 25.0 Å². The van der Waals surface area contributed by atoms with E-state index in [1.165, 1.54) is 12.3 Å². The van der Waals surface area contributed by atoms with Gasteiger partial charge in [-0.15, -0.1) is 0 Å².